The molecule has 8 heteroatoms. The Hall–Kier alpha value is 0.781. The number of halogens is 1. The summed E-state index contributed by atoms with van der Waals surface area (Å²) in [4.78, 5) is 0. The average Bonchev–Trinajstić information content (AvgIpc) is 2.76. The molecule has 0 amide bonds. The van der Waals surface area contributed by atoms with Crippen LogP contribution in [-0.2, 0) is 8.85 Å². The van der Waals surface area contributed by atoms with Crippen LogP contribution in [0.4, 0.5) is 0 Å². The van der Waals surface area contributed by atoms with E-state index >= 15 is 0 Å². The summed E-state index contributed by atoms with van der Waals surface area (Å²) in [5.41, 5.74) is 1.38. The van der Waals surface area contributed by atoms with Crippen LogP contribution in [0, 0.1) is 46.3 Å². The average molecular weight is 678 g/mol. The minimum Gasteiger partial charge on any atom is -0.417 e. The fourth-order valence-corrected chi connectivity index (χ4v) is 9.81. The molecule has 256 valence electrons. The minimum absolute atomic E-state index is 0.154. The monoisotopic (exact) mass is 676 g/mol. The van der Waals surface area contributed by atoms with Crippen LogP contribution in [0.1, 0.15) is 90.9 Å². The molecular weight excluding hydrogens is 604 g/mol. The van der Waals surface area contributed by atoms with Crippen molar-refractivity contribution >= 4 is 35.1 Å². The van der Waals surface area contributed by atoms with E-state index in [1.165, 1.54) is 77.0 Å². The van der Waals surface area contributed by atoms with Gasteiger partial charge in [0.2, 0.25) is 0 Å². The summed E-state index contributed by atoms with van der Waals surface area (Å²) >= 11 is 5.67. The maximum absolute atomic E-state index is 9.10. The lowest BCUT2D eigenvalue weighted by atomic mass is 9.46. The lowest BCUT2D eigenvalue weighted by Crippen LogP contribution is -2.51. The molecule has 2 spiro atoms. The number of hydrogen-bond acceptors (Lipinski definition) is 4. The van der Waals surface area contributed by atoms with E-state index in [4.69, 9.17) is 30.1 Å². The Morgan fingerprint density at radius 1 is 0.605 bits per heavy atom. The topological polar surface area (TPSA) is 58.9 Å². The third-order valence-electron chi connectivity index (χ3n) is 10.3. The Labute approximate surface area is 275 Å². The van der Waals surface area contributed by atoms with Gasteiger partial charge in [-0.25, -0.2) is 0 Å². The largest absolute Gasteiger partial charge is 0.417 e. The van der Waals surface area contributed by atoms with Gasteiger partial charge in [-0.05, 0) is 125 Å². The zero-order chi connectivity index (χ0) is 32.7. The van der Waals surface area contributed by atoms with E-state index in [2.05, 4.69) is 72.8 Å². The lowest BCUT2D eigenvalue weighted by Gasteiger charge is -2.60. The van der Waals surface area contributed by atoms with Crippen LogP contribution in [0.2, 0.25) is 58.9 Å². The second-order valence-corrected chi connectivity index (χ2v) is 34.8. The zero-order valence-corrected chi connectivity index (χ0v) is 34.1. The van der Waals surface area contributed by atoms with E-state index < -0.39 is 24.0 Å². The van der Waals surface area contributed by atoms with Crippen molar-refractivity contribution in [2.75, 3.05) is 26.4 Å². The van der Waals surface area contributed by atoms with E-state index in [1.54, 1.807) is 0 Å². The van der Waals surface area contributed by atoms with Gasteiger partial charge in [0.05, 0.1) is 0 Å². The summed E-state index contributed by atoms with van der Waals surface area (Å²) in [6.45, 7) is 26.8. The Morgan fingerprint density at radius 3 is 1.16 bits per heavy atom. The predicted molar refractivity (Wildman–Crippen MR) is 195 cm³/mol. The van der Waals surface area contributed by atoms with Crippen LogP contribution >= 0.6 is 11.1 Å². The number of rotatable bonds is 14. The quantitative estimate of drug-likeness (QED) is 0.142. The van der Waals surface area contributed by atoms with Crippen molar-refractivity contribution in [2.24, 2.45) is 46.3 Å². The third-order valence-corrected chi connectivity index (χ3v) is 12.4. The van der Waals surface area contributed by atoms with Crippen molar-refractivity contribution < 1.29 is 19.1 Å². The van der Waals surface area contributed by atoms with Gasteiger partial charge in [0.1, 0.15) is 7.38 Å². The van der Waals surface area contributed by atoms with Gasteiger partial charge in [0.15, 0.2) is 16.6 Å². The highest BCUT2D eigenvalue weighted by Gasteiger charge is 2.54. The van der Waals surface area contributed by atoms with E-state index in [-0.39, 0.29) is 19.1 Å². The molecule has 4 rings (SSSR count). The highest BCUT2D eigenvalue weighted by molar-refractivity contribution is 7.18. The third kappa shape index (κ3) is 14.2. The molecule has 0 radical (unpaired) electrons. The molecule has 4 aliphatic carbocycles. The van der Waals surface area contributed by atoms with Gasteiger partial charge in [0, 0.05) is 38.3 Å². The van der Waals surface area contributed by atoms with Gasteiger partial charge >= 0.3 is 0 Å². The Morgan fingerprint density at radius 2 is 0.907 bits per heavy atom. The first kappa shape index (κ1) is 40.0. The molecule has 0 aromatic rings. The summed E-state index contributed by atoms with van der Waals surface area (Å²) in [7, 11) is -3.99. The molecule has 4 nitrogen and oxygen atoms in total. The molecule has 4 saturated carbocycles. The normalized spacial score (nSPS) is 31.8. The Bertz CT molecular complexity index is 750. The minimum atomic E-state index is -1.43. The van der Waals surface area contributed by atoms with Crippen LogP contribution in [0.5, 0.6) is 0 Å². The fraction of sp³-hybridized carbons (Fsp3) is 1.00. The van der Waals surface area contributed by atoms with Crippen molar-refractivity contribution in [2.45, 2.75) is 150 Å². The van der Waals surface area contributed by atoms with Crippen LogP contribution in [0.25, 0.3) is 0 Å². The second kappa shape index (κ2) is 16.7. The van der Waals surface area contributed by atoms with Gasteiger partial charge in [0.25, 0.3) is 0 Å². The predicted octanol–water partition coefficient (Wildman–Crippen LogP) is 10.2. The van der Waals surface area contributed by atoms with Gasteiger partial charge in [-0.15, -0.1) is 0 Å². The number of hydrogen-bond donors (Lipinski definition) is 2. The number of aliphatic hydroxyl groups is 2. The van der Waals surface area contributed by atoms with Crippen molar-refractivity contribution in [1.29, 1.82) is 0 Å². The van der Waals surface area contributed by atoms with Crippen molar-refractivity contribution in [3.05, 3.63) is 0 Å². The summed E-state index contributed by atoms with van der Waals surface area (Å²) in [6.07, 6.45) is 16.8. The second-order valence-electron chi connectivity index (χ2n) is 18.3. The van der Waals surface area contributed by atoms with Crippen molar-refractivity contribution in [1.82, 2.24) is 0 Å². The number of aliphatic hydroxyl groups excluding tert-OH is 2. The highest BCUT2D eigenvalue weighted by Crippen LogP contribution is 2.64. The maximum Gasteiger partial charge on any atom is 0.183 e. The van der Waals surface area contributed by atoms with E-state index in [1.807, 2.05) is 0 Å². The summed E-state index contributed by atoms with van der Waals surface area (Å²) in [6, 6.07) is 0. The molecule has 0 unspecified atom stereocenters. The maximum atomic E-state index is 9.10. The van der Waals surface area contributed by atoms with Gasteiger partial charge in [-0.2, -0.15) is 11.1 Å². The van der Waals surface area contributed by atoms with Crippen molar-refractivity contribution in [3.8, 4) is 0 Å². The molecule has 0 aromatic heterocycles. The molecule has 43 heavy (non-hydrogen) atoms. The molecule has 0 atom stereocenters. The van der Waals surface area contributed by atoms with Crippen LogP contribution in [-0.4, -0.2) is 60.7 Å². The van der Waals surface area contributed by atoms with E-state index in [0.717, 1.165) is 36.4 Å². The highest BCUT2D eigenvalue weighted by atomic mass is 35.6. The smallest absolute Gasteiger partial charge is 0.183 e. The van der Waals surface area contributed by atoms with Gasteiger partial charge in [-0.1, -0.05) is 59.2 Å². The molecule has 0 saturated heterocycles. The molecule has 2 N–H and O–H groups in total. The van der Waals surface area contributed by atoms with Crippen LogP contribution < -0.4 is 0 Å². The molecule has 0 aromatic carbocycles. The molecular formula is C35H73ClO4Si3. The zero-order valence-electron chi connectivity index (χ0n) is 30.4. The van der Waals surface area contributed by atoms with Gasteiger partial charge in [-0.3, -0.25) is 0 Å². The summed E-state index contributed by atoms with van der Waals surface area (Å²) in [5, 5.41) is 18.2. The molecule has 4 fully saturated rings. The lowest BCUT2D eigenvalue weighted by molar-refractivity contribution is -0.103. The molecule has 0 heterocycles. The van der Waals surface area contributed by atoms with Crippen LogP contribution in [0.3, 0.4) is 0 Å². The Balaban J connectivity index is 0.000000275. The summed E-state index contributed by atoms with van der Waals surface area (Å²) in [5.74, 6) is 4.26. The van der Waals surface area contributed by atoms with E-state index in [0.29, 0.717) is 17.3 Å². The molecule has 0 aliphatic heterocycles. The SMILES string of the molecule is CCCC1CC2(C1)CC(C(CO)CO)C2.CCCC1CC2(C1)CC(C(CO[Si](C)(C)C)CO[Si](C)(C)C)C2.C[Si](C)(C)Cl. The molecule has 4 aliphatic rings. The fourth-order valence-electron chi connectivity index (χ4n) is 8.38. The first-order valence-electron chi connectivity index (χ1n) is 17.9. The van der Waals surface area contributed by atoms with Crippen molar-refractivity contribution in [3.63, 3.8) is 0 Å². The summed E-state index contributed by atoms with van der Waals surface area (Å²) < 4.78 is 12.5. The van der Waals surface area contributed by atoms with E-state index in [9.17, 15) is 0 Å². The van der Waals surface area contributed by atoms with Crippen LogP contribution in [0.15, 0.2) is 0 Å². The first-order chi connectivity index (χ1) is 19.7. The van der Waals surface area contributed by atoms with Gasteiger partial charge < -0.3 is 19.1 Å². The first-order valence-corrected chi connectivity index (χ1v) is 29.3. The standard InChI is InChI=1S/C19H40O2Si2.C13H24O2.C3H9ClSi/c1-8-9-16-10-19(11-16)12-17(13-19)18(14-20-22(2,3)4)15-21-23(5,6)7;1-2-3-10-4-13(5-10)6-11(7-13)12(8-14)9-15;1-5(2,3)4/h16-18H,8-15H2,1-7H3;10-12,14-15H,2-9H2,1H3;1-3H3. The molecule has 0 bridgehead atoms. The Kier molecular flexibility index (Phi) is 15.6.